The number of hydrogen-bond acceptors (Lipinski definition) is 6. The predicted octanol–water partition coefficient (Wildman–Crippen LogP) is 2.39. The molecule has 0 saturated carbocycles. The second kappa shape index (κ2) is 7.18. The summed E-state index contributed by atoms with van der Waals surface area (Å²) in [5.41, 5.74) is 4.92. The minimum atomic E-state index is 0.841. The molecule has 3 aromatic heterocycles. The van der Waals surface area contributed by atoms with Gasteiger partial charge in [0.25, 0.3) is 0 Å². The van der Waals surface area contributed by atoms with Crippen molar-refractivity contribution < 1.29 is 0 Å². The first-order chi connectivity index (χ1) is 13.8. The van der Waals surface area contributed by atoms with E-state index in [-0.39, 0.29) is 0 Å². The van der Waals surface area contributed by atoms with E-state index in [0.717, 1.165) is 71.9 Å². The molecule has 0 radical (unpaired) electrons. The Kier molecular flexibility index (Phi) is 4.38. The molecule has 1 saturated heterocycles. The van der Waals surface area contributed by atoms with Gasteiger partial charge in [0.05, 0.1) is 17.4 Å². The van der Waals surface area contributed by atoms with Crippen molar-refractivity contribution in [1.29, 1.82) is 0 Å². The van der Waals surface area contributed by atoms with Gasteiger partial charge in [-0.2, -0.15) is 9.61 Å². The van der Waals surface area contributed by atoms with Crippen LogP contribution >= 0.6 is 0 Å². The van der Waals surface area contributed by atoms with Crippen molar-refractivity contribution in [3.63, 3.8) is 0 Å². The molecule has 28 heavy (non-hydrogen) atoms. The molecule has 142 valence electrons. The highest BCUT2D eigenvalue weighted by Gasteiger charge is 2.16. The van der Waals surface area contributed by atoms with Crippen molar-refractivity contribution in [2.24, 2.45) is 0 Å². The van der Waals surface area contributed by atoms with Crippen LogP contribution in [0.4, 0.5) is 5.82 Å². The van der Waals surface area contributed by atoms with E-state index in [1.165, 1.54) is 0 Å². The molecule has 1 aliphatic rings. The lowest BCUT2D eigenvalue weighted by atomic mass is 10.1. The van der Waals surface area contributed by atoms with Crippen LogP contribution < -0.4 is 10.6 Å². The van der Waals surface area contributed by atoms with Crippen molar-refractivity contribution >= 4 is 22.4 Å². The first-order valence-corrected chi connectivity index (χ1v) is 9.65. The maximum absolute atomic E-state index is 4.96. The number of nitrogens with zero attached hydrogens (tertiary/aromatic N) is 5. The Morgan fingerprint density at radius 3 is 2.82 bits per heavy atom. The number of benzene rings is 1. The topological polar surface area (TPSA) is 70.4 Å². The second-order valence-corrected chi connectivity index (χ2v) is 7.12. The maximum atomic E-state index is 4.96. The zero-order valence-corrected chi connectivity index (χ0v) is 15.9. The molecule has 0 amide bonds. The molecule has 0 bridgehead atoms. The molecule has 4 aromatic rings. The van der Waals surface area contributed by atoms with Crippen LogP contribution in [0, 0.1) is 0 Å². The number of rotatable bonds is 4. The van der Waals surface area contributed by atoms with Crippen LogP contribution in [0.5, 0.6) is 0 Å². The van der Waals surface area contributed by atoms with Crippen molar-refractivity contribution in [3.05, 3.63) is 54.5 Å². The molecule has 0 unspecified atom stereocenters. The van der Waals surface area contributed by atoms with E-state index >= 15 is 0 Å². The number of nitrogens with one attached hydrogen (secondary N) is 2. The average molecular weight is 373 g/mol. The summed E-state index contributed by atoms with van der Waals surface area (Å²) < 4.78 is 1.87. The fourth-order valence-electron chi connectivity index (χ4n) is 3.79. The number of hydrogen-bond donors (Lipinski definition) is 2. The third kappa shape index (κ3) is 3.08. The van der Waals surface area contributed by atoms with Crippen LogP contribution in [-0.4, -0.2) is 57.7 Å². The summed E-state index contributed by atoms with van der Waals surface area (Å²) in [6.07, 6.45) is 3.78. The van der Waals surface area contributed by atoms with Gasteiger partial charge < -0.3 is 10.6 Å². The standard InChI is InChI=1S/C21H23N7/c1-22-20-11-17(14-27-8-6-23-7-9-27)26-21-18(13-25-28(20)21)16-10-15-4-2-3-5-19(15)24-12-16/h2-5,10-13,22-23H,6-9,14H2,1H3. The van der Waals surface area contributed by atoms with Crippen molar-refractivity contribution in [3.8, 4) is 11.1 Å². The van der Waals surface area contributed by atoms with E-state index in [4.69, 9.17) is 4.98 Å². The highest BCUT2D eigenvalue weighted by molar-refractivity contribution is 5.86. The van der Waals surface area contributed by atoms with E-state index in [0.29, 0.717) is 0 Å². The number of fused-ring (bicyclic) bond motifs is 2. The Balaban J connectivity index is 1.59. The van der Waals surface area contributed by atoms with Gasteiger partial charge in [-0.15, -0.1) is 0 Å². The van der Waals surface area contributed by atoms with Crippen molar-refractivity contribution in [1.82, 2.24) is 29.8 Å². The Bertz CT molecular complexity index is 1130. The number of pyridine rings is 1. The largest absolute Gasteiger partial charge is 0.373 e. The Labute approximate surface area is 163 Å². The molecule has 0 atom stereocenters. The van der Waals surface area contributed by atoms with Crippen LogP contribution in [0.15, 0.2) is 48.8 Å². The maximum Gasteiger partial charge on any atom is 0.165 e. The summed E-state index contributed by atoms with van der Waals surface area (Å²) in [4.78, 5) is 12.0. The first kappa shape index (κ1) is 17.1. The predicted molar refractivity (Wildman–Crippen MR) is 111 cm³/mol. The smallest absolute Gasteiger partial charge is 0.165 e. The van der Waals surface area contributed by atoms with E-state index in [1.807, 2.05) is 42.2 Å². The van der Waals surface area contributed by atoms with Gasteiger partial charge in [-0.05, 0) is 12.1 Å². The fourth-order valence-corrected chi connectivity index (χ4v) is 3.79. The molecule has 1 fully saturated rings. The normalized spacial score (nSPS) is 15.3. The second-order valence-electron chi connectivity index (χ2n) is 7.12. The first-order valence-electron chi connectivity index (χ1n) is 9.65. The lowest BCUT2D eigenvalue weighted by Crippen LogP contribution is -2.43. The number of aromatic nitrogens is 4. The lowest BCUT2D eigenvalue weighted by Gasteiger charge is -2.26. The molecule has 7 nitrogen and oxygen atoms in total. The average Bonchev–Trinajstić information content (AvgIpc) is 3.17. The minimum absolute atomic E-state index is 0.841. The van der Waals surface area contributed by atoms with Gasteiger partial charge in [0.2, 0.25) is 0 Å². The van der Waals surface area contributed by atoms with Crippen LogP contribution in [-0.2, 0) is 6.54 Å². The van der Waals surface area contributed by atoms with Gasteiger partial charge in [-0.3, -0.25) is 9.88 Å². The molecule has 0 spiro atoms. The molecule has 2 N–H and O–H groups in total. The van der Waals surface area contributed by atoms with E-state index < -0.39 is 0 Å². The van der Waals surface area contributed by atoms with Crippen LogP contribution in [0.3, 0.4) is 0 Å². The van der Waals surface area contributed by atoms with Crippen molar-refractivity contribution in [2.75, 3.05) is 38.5 Å². The molecule has 1 aliphatic heterocycles. The molecule has 7 heteroatoms. The summed E-state index contributed by atoms with van der Waals surface area (Å²) in [7, 11) is 1.92. The summed E-state index contributed by atoms with van der Waals surface area (Å²) in [6.45, 7) is 4.99. The Hall–Kier alpha value is -3.03. The zero-order chi connectivity index (χ0) is 18.9. The van der Waals surface area contributed by atoms with Gasteiger partial charge in [0.1, 0.15) is 5.82 Å². The fraction of sp³-hybridized carbons (Fsp3) is 0.286. The highest BCUT2D eigenvalue weighted by atomic mass is 15.3. The summed E-state index contributed by atoms with van der Waals surface area (Å²) in [5, 5.41) is 12.3. The molecule has 5 rings (SSSR count). The van der Waals surface area contributed by atoms with Gasteiger partial charge in [-0.1, -0.05) is 18.2 Å². The summed E-state index contributed by atoms with van der Waals surface area (Å²) in [6, 6.07) is 12.4. The quantitative estimate of drug-likeness (QED) is 0.572. The minimum Gasteiger partial charge on any atom is -0.373 e. The number of piperazine rings is 1. The molecular weight excluding hydrogens is 350 g/mol. The van der Waals surface area contributed by atoms with Crippen molar-refractivity contribution in [2.45, 2.75) is 6.54 Å². The van der Waals surface area contributed by atoms with E-state index in [2.05, 4.69) is 43.8 Å². The van der Waals surface area contributed by atoms with E-state index in [1.54, 1.807) is 0 Å². The molecule has 4 heterocycles. The highest BCUT2D eigenvalue weighted by Crippen LogP contribution is 2.27. The van der Waals surface area contributed by atoms with Crippen LogP contribution in [0.1, 0.15) is 5.69 Å². The van der Waals surface area contributed by atoms with Gasteiger partial charge in [0.15, 0.2) is 5.65 Å². The van der Waals surface area contributed by atoms with Gasteiger partial charge in [-0.25, -0.2) is 4.98 Å². The van der Waals surface area contributed by atoms with Crippen LogP contribution in [0.2, 0.25) is 0 Å². The summed E-state index contributed by atoms with van der Waals surface area (Å²) in [5.74, 6) is 0.940. The Morgan fingerprint density at radius 1 is 1.11 bits per heavy atom. The van der Waals surface area contributed by atoms with Gasteiger partial charge in [0, 0.05) is 68.5 Å². The van der Waals surface area contributed by atoms with Crippen LogP contribution in [0.25, 0.3) is 27.7 Å². The SMILES string of the molecule is CNc1cc(CN2CCNCC2)nc2c(-c3cnc4ccccc4c3)cnn12. The Morgan fingerprint density at radius 2 is 1.96 bits per heavy atom. The molecular formula is C21H23N7. The molecule has 0 aliphatic carbocycles. The van der Waals surface area contributed by atoms with E-state index in [9.17, 15) is 0 Å². The third-order valence-electron chi connectivity index (χ3n) is 5.28. The monoisotopic (exact) mass is 373 g/mol. The van der Waals surface area contributed by atoms with Gasteiger partial charge >= 0.3 is 0 Å². The third-order valence-corrected chi connectivity index (χ3v) is 5.28. The number of para-hydroxylation sites is 1. The zero-order valence-electron chi connectivity index (χ0n) is 15.9. The lowest BCUT2D eigenvalue weighted by molar-refractivity contribution is 0.231. The summed E-state index contributed by atoms with van der Waals surface area (Å²) >= 11 is 0. The number of anilines is 1. The molecule has 1 aromatic carbocycles.